The second-order valence-electron chi connectivity index (χ2n) is 4.30. The maximum Gasteiger partial charge on any atom is 0.271 e. The van der Waals surface area contributed by atoms with Crippen LogP contribution in [0.4, 0.5) is 8.78 Å². The van der Waals surface area contributed by atoms with Gasteiger partial charge in [-0.3, -0.25) is 0 Å². The average Bonchev–Trinajstić information content (AvgIpc) is 2.28. The van der Waals surface area contributed by atoms with Gasteiger partial charge in [0.2, 0.25) is 0 Å². The van der Waals surface area contributed by atoms with Crippen molar-refractivity contribution >= 4 is 0 Å². The summed E-state index contributed by atoms with van der Waals surface area (Å²) >= 11 is 0. The summed E-state index contributed by atoms with van der Waals surface area (Å²) < 4.78 is 27.1. The van der Waals surface area contributed by atoms with E-state index in [1.807, 2.05) is 43.3 Å². The molecule has 0 atom stereocenters. The van der Waals surface area contributed by atoms with Gasteiger partial charge in [-0.15, -0.1) is 0 Å². The molecule has 0 heterocycles. The largest absolute Gasteiger partial charge is 0.271 e. The van der Waals surface area contributed by atoms with Crippen LogP contribution in [0.2, 0.25) is 0 Å². The first-order valence-corrected chi connectivity index (χ1v) is 5.53. The molecule has 0 aliphatic rings. The van der Waals surface area contributed by atoms with Gasteiger partial charge in [0.15, 0.2) is 0 Å². The summed E-state index contributed by atoms with van der Waals surface area (Å²) in [4.78, 5) is 0. The monoisotopic (exact) mass is 232 g/mol. The third kappa shape index (κ3) is 2.52. The molecule has 2 aromatic carbocycles. The number of aryl methyl sites for hydroxylation is 1. The lowest BCUT2D eigenvalue weighted by Gasteiger charge is -2.16. The molecule has 0 radical (unpaired) electrons. The number of halogens is 2. The Hall–Kier alpha value is -1.70. The molecule has 0 saturated carbocycles. The molecule has 0 nitrogen and oxygen atoms in total. The summed E-state index contributed by atoms with van der Waals surface area (Å²) in [5, 5.41) is 0. The van der Waals surface area contributed by atoms with E-state index in [9.17, 15) is 8.78 Å². The van der Waals surface area contributed by atoms with Crippen molar-refractivity contribution in [3.63, 3.8) is 0 Å². The molecule has 88 valence electrons. The first-order valence-electron chi connectivity index (χ1n) is 5.53. The van der Waals surface area contributed by atoms with Crippen LogP contribution in [0.1, 0.15) is 18.1 Å². The smallest absolute Gasteiger partial charge is 0.202 e. The summed E-state index contributed by atoms with van der Waals surface area (Å²) in [6.07, 6.45) is 0. The van der Waals surface area contributed by atoms with E-state index in [0.717, 1.165) is 18.1 Å². The standard InChI is InChI=1S/C15H14F2/c1-11-8-9-14(15(2,16)17)13(10-11)12-6-4-3-5-7-12/h3-10H,1-2H3. The van der Waals surface area contributed by atoms with Crippen molar-refractivity contribution in [2.75, 3.05) is 0 Å². The SMILES string of the molecule is Cc1ccc(C(C)(F)F)c(-c2ccccc2)c1. The Labute approximate surface area is 99.9 Å². The fourth-order valence-corrected chi connectivity index (χ4v) is 1.90. The fraction of sp³-hybridized carbons (Fsp3) is 0.200. The maximum atomic E-state index is 13.5. The van der Waals surface area contributed by atoms with E-state index in [-0.39, 0.29) is 5.56 Å². The van der Waals surface area contributed by atoms with Gasteiger partial charge in [0.1, 0.15) is 0 Å². The lowest BCUT2D eigenvalue weighted by Crippen LogP contribution is -2.09. The molecule has 0 amide bonds. The molecular formula is C15H14F2. The van der Waals surface area contributed by atoms with Gasteiger partial charge in [-0.05, 0) is 18.1 Å². The first kappa shape index (κ1) is 11.8. The minimum absolute atomic E-state index is 0.0781. The summed E-state index contributed by atoms with van der Waals surface area (Å²) in [6, 6.07) is 14.3. The third-order valence-corrected chi connectivity index (χ3v) is 2.73. The van der Waals surface area contributed by atoms with Crippen LogP contribution in [0.15, 0.2) is 48.5 Å². The van der Waals surface area contributed by atoms with Crippen LogP contribution in [0, 0.1) is 6.92 Å². The lowest BCUT2D eigenvalue weighted by atomic mass is 9.94. The zero-order valence-corrected chi connectivity index (χ0v) is 9.87. The average molecular weight is 232 g/mol. The van der Waals surface area contributed by atoms with Gasteiger partial charge in [0.25, 0.3) is 5.92 Å². The third-order valence-electron chi connectivity index (χ3n) is 2.73. The van der Waals surface area contributed by atoms with Gasteiger partial charge in [0.05, 0.1) is 0 Å². The van der Waals surface area contributed by atoms with Crippen molar-refractivity contribution in [3.8, 4) is 11.1 Å². The quantitative estimate of drug-likeness (QED) is 0.699. The van der Waals surface area contributed by atoms with Gasteiger partial charge in [0, 0.05) is 12.5 Å². The Bertz CT molecular complexity index is 510. The van der Waals surface area contributed by atoms with E-state index in [4.69, 9.17) is 0 Å². The Morgan fingerprint density at radius 1 is 0.941 bits per heavy atom. The predicted molar refractivity (Wildman–Crippen MR) is 66.2 cm³/mol. The molecule has 0 unspecified atom stereocenters. The molecule has 0 aliphatic carbocycles. The van der Waals surface area contributed by atoms with E-state index in [0.29, 0.717) is 5.56 Å². The Morgan fingerprint density at radius 3 is 2.18 bits per heavy atom. The van der Waals surface area contributed by atoms with Gasteiger partial charge in [-0.25, -0.2) is 8.78 Å². The molecule has 2 heteroatoms. The van der Waals surface area contributed by atoms with Crippen LogP contribution in [-0.4, -0.2) is 0 Å². The van der Waals surface area contributed by atoms with Crippen LogP contribution in [0.25, 0.3) is 11.1 Å². The van der Waals surface area contributed by atoms with E-state index < -0.39 is 5.92 Å². The van der Waals surface area contributed by atoms with Gasteiger partial charge in [-0.2, -0.15) is 0 Å². The van der Waals surface area contributed by atoms with Crippen LogP contribution in [-0.2, 0) is 5.92 Å². The lowest BCUT2D eigenvalue weighted by molar-refractivity contribution is 0.0181. The fourth-order valence-electron chi connectivity index (χ4n) is 1.90. The van der Waals surface area contributed by atoms with Crippen molar-refractivity contribution in [1.82, 2.24) is 0 Å². The number of alkyl halides is 2. The molecule has 0 fully saturated rings. The van der Waals surface area contributed by atoms with Crippen molar-refractivity contribution in [2.24, 2.45) is 0 Å². The van der Waals surface area contributed by atoms with Crippen molar-refractivity contribution < 1.29 is 8.78 Å². The molecule has 0 bridgehead atoms. The topological polar surface area (TPSA) is 0 Å². The maximum absolute atomic E-state index is 13.5. The van der Waals surface area contributed by atoms with Crippen LogP contribution in [0.5, 0.6) is 0 Å². The normalized spacial score (nSPS) is 11.5. The van der Waals surface area contributed by atoms with E-state index in [2.05, 4.69) is 0 Å². The minimum atomic E-state index is -2.82. The first-order chi connectivity index (χ1) is 7.98. The van der Waals surface area contributed by atoms with Gasteiger partial charge in [-0.1, -0.05) is 54.1 Å². The van der Waals surface area contributed by atoms with Crippen LogP contribution >= 0.6 is 0 Å². The highest BCUT2D eigenvalue weighted by Crippen LogP contribution is 2.35. The Kier molecular flexibility index (Phi) is 2.97. The molecular weight excluding hydrogens is 218 g/mol. The molecule has 2 rings (SSSR count). The second-order valence-corrected chi connectivity index (χ2v) is 4.30. The summed E-state index contributed by atoms with van der Waals surface area (Å²) in [5.74, 6) is -2.82. The number of hydrogen-bond donors (Lipinski definition) is 0. The summed E-state index contributed by atoms with van der Waals surface area (Å²) in [7, 11) is 0. The summed E-state index contributed by atoms with van der Waals surface area (Å²) in [5.41, 5.74) is 2.50. The molecule has 0 spiro atoms. The van der Waals surface area contributed by atoms with Crippen LogP contribution in [0.3, 0.4) is 0 Å². The molecule has 0 saturated heterocycles. The summed E-state index contributed by atoms with van der Waals surface area (Å²) in [6.45, 7) is 2.84. The van der Waals surface area contributed by atoms with Crippen LogP contribution < -0.4 is 0 Å². The second kappa shape index (κ2) is 4.28. The highest BCUT2D eigenvalue weighted by atomic mass is 19.3. The van der Waals surface area contributed by atoms with E-state index >= 15 is 0 Å². The molecule has 2 aromatic rings. The Morgan fingerprint density at radius 2 is 1.59 bits per heavy atom. The van der Waals surface area contributed by atoms with Gasteiger partial charge >= 0.3 is 0 Å². The van der Waals surface area contributed by atoms with E-state index in [1.165, 1.54) is 6.07 Å². The highest BCUT2D eigenvalue weighted by molar-refractivity contribution is 5.69. The number of rotatable bonds is 2. The van der Waals surface area contributed by atoms with Crippen molar-refractivity contribution in [1.29, 1.82) is 0 Å². The molecule has 0 aromatic heterocycles. The van der Waals surface area contributed by atoms with Gasteiger partial charge < -0.3 is 0 Å². The Balaban J connectivity index is 2.64. The van der Waals surface area contributed by atoms with Crippen molar-refractivity contribution in [3.05, 3.63) is 59.7 Å². The molecule has 17 heavy (non-hydrogen) atoms. The molecule has 0 N–H and O–H groups in total. The zero-order valence-electron chi connectivity index (χ0n) is 9.87. The van der Waals surface area contributed by atoms with Crippen molar-refractivity contribution in [2.45, 2.75) is 19.8 Å². The zero-order chi connectivity index (χ0) is 12.5. The number of benzene rings is 2. The van der Waals surface area contributed by atoms with E-state index in [1.54, 1.807) is 6.07 Å². The minimum Gasteiger partial charge on any atom is -0.202 e. The highest BCUT2D eigenvalue weighted by Gasteiger charge is 2.27. The predicted octanol–water partition coefficient (Wildman–Crippen LogP) is 4.77. The number of hydrogen-bond acceptors (Lipinski definition) is 0. The molecule has 0 aliphatic heterocycles.